The lowest BCUT2D eigenvalue weighted by atomic mass is 10.2. The predicted molar refractivity (Wildman–Crippen MR) is 70.3 cm³/mol. The number of hydrogen-bond donors (Lipinski definition) is 2. The van der Waals surface area contributed by atoms with Crippen LogP contribution in [0, 0.1) is 6.92 Å². The first-order valence-corrected chi connectivity index (χ1v) is 7.40. The second-order valence-corrected chi connectivity index (χ2v) is 6.25. The number of nitrogens with one attached hydrogen (secondary N) is 2. The molecule has 0 radical (unpaired) electrons. The molecule has 100 valence electrons. The zero-order chi connectivity index (χ0) is 13.2. The van der Waals surface area contributed by atoms with Gasteiger partial charge in [-0.3, -0.25) is 0 Å². The molecule has 0 aromatic heterocycles. The van der Waals surface area contributed by atoms with Crippen LogP contribution in [-0.2, 0) is 14.8 Å². The van der Waals surface area contributed by atoms with E-state index in [9.17, 15) is 8.42 Å². The number of aryl methyl sites for hydroxylation is 1. The molecular formula is C12H18N2O3S. The quantitative estimate of drug-likeness (QED) is 0.860. The first-order valence-electron chi connectivity index (χ1n) is 5.91. The summed E-state index contributed by atoms with van der Waals surface area (Å²) in [4.78, 5) is 0.314. The summed E-state index contributed by atoms with van der Waals surface area (Å²) in [6.45, 7) is 3.21. The minimum Gasteiger partial charge on any atom is -0.380 e. The van der Waals surface area contributed by atoms with E-state index >= 15 is 0 Å². The molecule has 1 saturated heterocycles. The van der Waals surface area contributed by atoms with Gasteiger partial charge in [0.15, 0.2) is 0 Å². The Morgan fingerprint density at radius 3 is 2.78 bits per heavy atom. The number of hydrogen-bond acceptors (Lipinski definition) is 4. The van der Waals surface area contributed by atoms with E-state index in [1.54, 1.807) is 13.0 Å². The largest absolute Gasteiger partial charge is 0.380 e. The van der Waals surface area contributed by atoms with Crippen LogP contribution in [0.1, 0.15) is 12.0 Å². The Labute approximate surface area is 108 Å². The Hall–Kier alpha value is -1.11. The molecule has 1 atom stereocenters. The molecule has 1 aromatic carbocycles. The molecular weight excluding hydrogens is 252 g/mol. The van der Waals surface area contributed by atoms with Crippen LogP contribution >= 0.6 is 0 Å². The molecule has 2 rings (SSSR count). The smallest absolute Gasteiger partial charge is 0.240 e. The summed E-state index contributed by atoms with van der Waals surface area (Å²) < 4.78 is 31.3. The van der Waals surface area contributed by atoms with Gasteiger partial charge in [0.1, 0.15) is 0 Å². The number of sulfonamides is 1. The maximum absolute atomic E-state index is 11.8. The molecule has 6 heteroatoms. The zero-order valence-electron chi connectivity index (χ0n) is 10.6. The zero-order valence-corrected chi connectivity index (χ0v) is 11.4. The van der Waals surface area contributed by atoms with Gasteiger partial charge in [0.05, 0.1) is 17.5 Å². The van der Waals surface area contributed by atoms with Gasteiger partial charge in [-0.1, -0.05) is 6.07 Å². The standard InChI is InChI=1S/C12H18N2O3S/c1-9-3-4-10(14-11-5-6-17-8-11)7-12(9)18(15,16)13-2/h3-4,7,11,13-14H,5-6,8H2,1-2H3. The van der Waals surface area contributed by atoms with Crippen molar-refractivity contribution in [2.24, 2.45) is 0 Å². The Morgan fingerprint density at radius 1 is 1.39 bits per heavy atom. The Kier molecular flexibility index (Phi) is 3.89. The molecule has 2 N–H and O–H groups in total. The van der Waals surface area contributed by atoms with E-state index in [4.69, 9.17) is 4.74 Å². The lowest BCUT2D eigenvalue weighted by molar-refractivity contribution is 0.195. The summed E-state index contributed by atoms with van der Waals surface area (Å²) in [6, 6.07) is 5.63. The van der Waals surface area contributed by atoms with Crippen molar-refractivity contribution in [1.29, 1.82) is 0 Å². The van der Waals surface area contributed by atoms with Crippen molar-refractivity contribution in [2.75, 3.05) is 25.6 Å². The molecule has 1 aromatic rings. The first kappa shape index (κ1) is 13.3. The monoisotopic (exact) mass is 270 g/mol. The summed E-state index contributed by atoms with van der Waals surface area (Å²) >= 11 is 0. The summed E-state index contributed by atoms with van der Waals surface area (Å²) in [5, 5.41) is 3.29. The average molecular weight is 270 g/mol. The highest BCUT2D eigenvalue weighted by molar-refractivity contribution is 7.89. The van der Waals surface area contributed by atoms with Gasteiger partial charge in [-0.25, -0.2) is 13.1 Å². The van der Waals surface area contributed by atoms with Crippen LogP contribution in [0.4, 0.5) is 5.69 Å². The van der Waals surface area contributed by atoms with Crippen molar-refractivity contribution >= 4 is 15.7 Å². The van der Waals surface area contributed by atoms with Gasteiger partial charge in [0.2, 0.25) is 10.0 Å². The van der Waals surface area contributed by atoms with Gasteiger partial charge >= 0.3 is 0 Å². The summed E-state index contributed by atoms with van der Waals surface area (Å²) in [5.74, 6) is 0. The highest BCUT2D eigenvalue weighted by Gasteiger charge is 2.18. The van der Waals surface area contributed by atoms with Crippen LogP contribution in [0.2, 0.25) is 0 Å². The average Bonchev–Trinajstić information content (AvgIpc) is 2.84. The van der Waals surface area contributed by atoms with Gasteiger partial charge in [-0.05, 0) is 38.1 Å². The number of ether oxygens (including phenoxy) is 1. The van der Waals surface area contributed by atoms with E-state index in [0.717, 1.165) is 24.3 Å². The maximum Gasteiger partial charge on any atom is 0.240 e. The van der Waals surface area contributed by atoms with Crippen LogP contribution < -0.4 is 10.0 Å². The Morgan fingerprint density at radius 2 is 2.17 bits per heavy atom. The predicted octanol–water partition coefficient (Wildman–Crippen LogP) is 1.10. The fraction of sp³-hybridized carbons (Fsp3) is 0.500. The molecule has 5 nitrogen and oxygen atoms in total. The number of rotatable bonds is 4. The van der Waals surface area contributed by atoms with Gasteiger partial charge in [0, 0.05) is 12.3 Å². The fourth-order valence-electron chi connectivity index (χ4n) is 1.97. The minimum absolute atomic E-state index is 0.262. The van der Waals surface area contributed by atoms with E-state index in [1.165, 1.54) is 7.05 Å². The van der Waals surface area contributed by atoms with Crippen molar-refractivity contribution in [3.63, 3.8) is 0 Å². The molecule has 18 heavy (non-hydrogen) atoms. The molecule has 0 amide bonds. The van der Waals surface area contributed by atoms with Crippen molar-refractivity contribution in [3.05, 3.63) is 23.8 Å². The molecule has 0 spiro atoms. The van der Waals surface area contributed by atoms with E-state index in [-0.39, 0.29) is 6.04 Å². The SMILES string of the molecule is CNS(=O)(=O)c1cc(NC2CCOC2)ccc1C. The summed E-state index contributed by atoms with van der Waals surface area (Å²) in [5.41, 5.74) is 1.54. The van der Waals surface area contributed by atoms with Crippen molar-refractivity contribution in [3.8, 4) is 0 Å². The van der Waals surface area contributed by atoms with Crippen LogP contribution in [0.15, 0.2) is 23.1 Å². The third-order valence-corrected chi connectivity index (χ3v) is 4.60. The third-order valence-electron chi connectivity index (χ3n) is 3.05. The molecule has 0 saturated carbocycles. The van der Waals surface area contributed by atoms with Gasteiger partial charge in [-0.15, -0.1) is 0 Å². The molecule has 0 bridgehead atoms. The van der Waals surface area contributed by atoms with E-state index < -0.39 is 10.0 Å². The summed E-state index contributed by atoms with van der Waals surface area (Å²) in [7, 11) is -1.99. The number of benzene rings is 1. The Bertz CT molecular complexity index is 522. The lowest BCUT2D eigenvalue weighted by Gasteiger charge is -2.14. The second kappa shape index (κ2) is 5.26. The van der Waals surface area contributed by atoms with Gasteiger partial charge < -0.3 is 10.1 Å². The van der Waals surface area contributed by atoms with Crippen molar-refractivity contribution in [2.45, 2.75) is 24.3 Å². The minimum atomic E-state index is -3.41. The normalized spacial score (nSPS) is 20.0. The van der Waals surface area contributed by atoms with E-state index in [2.05, 4.69) is 10.0 Å². The molecule has 1 fully saturated rings. The highest BCUT2D eigenvalue weighted by Crippen LogP contribution is 2.21. The topological polar surface area (TPSA) is 67.4 Å². The van der Waals surface area contributed by atoms with E-state index in [0.29, 0.717) is 11.5 Å². The first-order chi connectivity index (χ1) is 8.53. The van der Waals surface area contributed by atoms with Gasteiger partial charge in [-0.2, -0.15) is 0 Å². The lowest BCUT2D eigenvalue weighted by Crippen LogP contribution is -2.21. The molecule has 1 aliphatic heterocycles. The van der Waals surface area contributed by atoms with Crippen LogP contribution in [0.25, 0.3) is 0 Å². The van der Waals surface area contributed by atoms with Crippen LogP contribution in [0.3, 0.4) is 0 Å². The fourth-order valence-corrected chi connectivity index (χ4v) is 2.97. The molecule has 1 aliphatic rings. The second-order valence-electron chi connectivity index (χ2n) is 4.39. The van der Waals surface area contributed by atoms with Gasteiger partial charge in [0.25, 0.3) is 0 Å². The summed E-state index contributed by atoms with van der Waals surface area (Å²) in [6.07, 6.45) is 0.946. The van der Waals surface area contributed by atoms with Crippen LogP contribution in [0.5, 0.6) is 0 Å². The Balaban J connectivity index is 2.26. The molecule has 1 heterocycles. The number of anilines is 1. The van der Waals surface area contributed by atoms with Crippen molar-refractivity contribution in [1.82, 2.24) is 4.72 Å². The van der Waals surface area contributed by atoms with E-state index in [1.807, 2.05) is 12.1 Å². The third kappa shape index (κ3) is 2.82. The highest BCUT2D eigenvalue weighted by atomic mass is 32.2. The molecule has 1 unspecified atom stereocenters. The maximum atomic E-state index is 11.8. The van der Waals surface area contributed by atoms with Crippen LogP contribution in [-0.4, -0.2) is 34.7 Å². The molecule has 0 aliphatic carbocycles. The van der Waals surface area contributed by atoms with Crippen molar-refractivity contribution < 1.29 is 13.2 Å².